The second-order valence-electron chi connectivity index (χ2n) is 8.90. The summed E-state index contributed by atoms with van der Waals surface area (Å²) in [6, 6.07) is 15.7. The van der Waals surface area contributed by atoms with Gasteiger partial charge in [0, 0.05) is 12.6 Å². The van der Waals surface area contributed by atoms with Gasteiger partial charge in [0.2, 0.25) is 5.91 Å². The molecule has 0 heterocycles. The molecular formula is C27H36N2O3. The van der Waals surface area contributed by atoms with Crippen molar-refractivity contribution in [3.63, 3.8) is 0 Å². The Morgan fingerprint density at radius 1 is 1.06 bits per heavy atom. The van der Waals surface area contributed by atoms with E-state index in [9.17, 15) is 9.59 Å². The molecule has 0 saturated heterocycles. The lowest BCUT2D eigenvalue weighted by molar-refractivity contribution is -0.141. The molecule has 0 unspecified atom stereocenters. The van der Waals surface area contributed by atoms with Gasteiger partial charge in [-0.25, -0.2) is 0 Å². The monoisotopic (exact) mass is 436 g/mol. The standard InChI is InChI=1S/C27H36N2O3/c1-20-14-15-21(2)25(18-20)32-19-26(30)29(17-16-23-10-6-4-7-11-23)22(3)27(31)28-24-12-8-5-9-13-24/h4,6-7,10-11,14-15,18,22,24H,5,8-9,12-13,16-17,19H2,1-3H3,(H,28,31)/t22-/m0/s1. The maximum absolute atomic E-state index is 13.2. The van der Waals surface area contributed by atoms with Crippen molar-refractivity contribution >= 4 is 11.8 Å². The number of carbonyl (C=O) groups is 2. The first-order valence-corrected chi connectivity index (χ1v) is 11.8. The fraction of sp³-hybridized carbons (Fsp3) is 0.481. The highest BCUT2D eigenvalue weighted by Crippen LogP contribution is 2.20. The van der Waals surface area contributed by atoms with Crippen LogP contribution in [0.3, 0.4) is 0 Å². The predicted octanol–water partition coefficient (Wildman–Crippen LogP) is 4.59. The van der Waals surface area contributed by atoms with E-state index in [2.05, 4.69) is 5.32 Å². The van der Waals surface area contributed by atoms with E-state index in [0.29, 0.717) is 18.7 Å². The van der Waals surface area contributed by atoms with E-state index >= 15 is 0 Å². The molecule has 5 heteroatoms. The quantitative estimate of drug-likeness (QED) is 0.625. The Morgan fingerprint density at radius 2 is 1.78 bits per heavy atom. The zero-order valence-corrected chi connectivity index (χ0v) is 19.6. The van der Waals surface area contributed by atoms with E-state index in [1.54, 1.807) is 4.90 Å². The molecule has 0 radical (unpaired) electrons. The minimum Gasteiger partial charge on any atom is -0.483 e. The van der Waals surface area contributed by atoms with Crippen LogP contribution < -0.4 is 10.1 Å². The van der Waals surface area contributed by atoms with Crippen LogP contribution in [0.2, 0.25) is 0 Å². The summed E-state index contributed by atoms with van der Waals surface area (Å²) < 4.78 is 5.87. The van der Waals surface area contributed by atoms with Crippen LogP contribution in [-0.2, 0) is 16.0 Å². The average molecular weight is 437 g/mol. The van der Waals surface area contributed by atoms with Crippen LogP contribution in [0.15, 0.2) is 48.5 Å². The van der Waals surface area contributed by atoms with Crippen molar-refractivity contribution in [3.8, 4) is 5.75 Å². The summed E-state index contributed by atoms with van der Waals surface area (Å²) in [5.74, 6) is 0.457. The molecule has 172 valence electrons. The van der Waals surface area contributed by atoms with Gasteiger partial charge >= 0.3 is 0 Å². The zero-order chi connectivity index (χ0) is 22.9. The molecule has 2 aromatic rings. The molecule has 1 saturated carbocycles. The Hall–Kier alpha value is -2.82. The Morgan fingerprint density at radius 3 is 2.50 bits per heavy atom. The predicted molar refractivity (Wildman–Crippen MR) is 128 cm³/mol. The Labute approximate surface area is 192 Å². The van der Waals surface area contributed by atoms with Gasteiger partial charge in [0.25, 0.3) is 5.91 Å². The van der Waals surface area contributed by atoms with Gasteiger partial charge in [0.05, 0.1) is 0 Å². The third-order valence-corrected chi connectivity index (χ3v) is 6.30. The highest BCUT2D eigenvalue weighted by molar-refractivity contribution is 5.88. The van der Waals surface area contributed by atoms with Crippen LogP contribution in [-0.4, -0.2) is 41.9 Å². The molecule has 0 aliphatic heterocycles. The fourth-order valence-electron chi connectivity index (χ4n) is 4.22. The first-order chi connectivity index (χ1) is 15.4. The maximum Gasteiger partial charge on any atom is 0.261 e. The lowest BCUT2D eigenvalue weighted by Crippen LogP contribution is -2.52. The van der Waals surface area contributed by atoms with Crippen molar-refractivity contribution in [2.45, 2.75) is 71.4 Å². The summed E-state index contributed by atoms with van der Waals surface area (Å²) in [5, 5.41) is 3.17. The number of nitrogens with zero attached hydrogens (tertiary/aromatic N) is 1. The maximum atomic E-state index is 13.2. The normalized spacial score (nSPS) is 15.1. The second-order valence-corrected chi connectivity index (χ2v) is 8.90. The van der Waals surface area contributed by atoms with E-state index in [-0.39, 0.29) is 24.5 Å². The van der Waals surface area contributed by atoms with Crippen LogP contribution in [0.4, 0.5) is 0 Å². The molecule has 0 spiro atoms. The van der Waals surface area contributed by atoms with Gasteiger partial charge in [0.1, 0.15) is 11.8 Å². The van der Waals surface area contributed by atoms with E-state index in [4.69, 9.17) is 4.74 Å². The van der Waals surface area contributed by atoms with Crippen molar-refractivity contribution in [2.75, 3.05) is 13.2 Å². The van der Waals surface area contributed by atoms with E-state index in [0.717, 1.165) is 42.4 Å². The van der Waals surface area contributed by atoms with Gasteiger partial charge < -0.3 is 15.0 Å². The lowest BCUT2D eigenvalue weighted by atomic mass is 9.95. The Kier molecular flexibility index (Phi) is 8.72. The van der Waals surface area contributed by atoms with Gasteiger partial charge in [0.15, 0.2) is 6.61 Å². The van der Waals surface area contributed by atoms with E-state index < -0.39 is 6.04 Å². The van der Waals surface area contributed by atoms with Gasteiger partial charge in [-0.05, 0) is 62.8 Å². The van der Waals surface area contributed by atoms with Crippen LogP contribution in [0.1, 0.15) is 55.7 Å². The molecule has 0 aromatic heterocycles. The van der Waals surface area contributed by atoms with Crippen LogP contribution in [0, 0.1) is 13.8 Å². The highest BCUT2D eigenvalue weighted by Gasteiger charge is 2.28. The van der Waals surface area contributed by atoms with Crippen molar-refractivity contribution in [1.29, 1.82) is 0 Å². The fourth-order valence-corrected chi connectivity index (χ4v) is 4.22. The topological polar surface area (TPSA) is 58.6 Å². The van der Waals surface area contributed by atoms with Crippen molar-refractivity contribution < 1.29 is 14.3 Å². The van der Waals surface area contributed by atoms with Gasteiger partial charge in [-0.3, -0.25) is 9.59 Å². The molecule has 1 fully saturated rings. The number of carbonyl (C=O) groups excluding carboxylic acids is 2. The lowest BCUT2D eigenvalue weighted by Gasteiger charge is -2.31. The van der Waals surface area contributed by atoms with Gasteiger partial charge in [-0.2, -0.15) is 0 Å². The van der Waals surface area contributed by atoms with Crippen LogP contribution in [0.5, 0.6) is 5.75 Å². The molecule has 2 aromatic carbocycles. The first kappa shape index (κ1) is 23.8. The number of amides is 2. The molecule has 3 rings (SSSR count). The largest absolute Gasteiger partial charge is 0.483 e. The molecule has 1 N–H and O–H groups in total. The summed E-state index contributed by atoms with van der Waals surface area (Å²) >= 11 is 0. The summed E-state index contributed by atoms with van der Waals surface area (Å²) in [6.45, 7) is 6.17. The summed E-state index contributed by atoms with van der Waals surface area (Å²) in [5.41, 5.74) is 3.21. The molecule has 1 aliphatic carbocycles. The Balaban J connectivity index is 1.67. The molecule has 32 heavy (non-hydrogen) atoms. The van der Waals surface area contributed by atoms with E-state index in [1.807, 2.05) is 69.3 Å². The zero-order valence-electron chi connectivity index (χ0n) is 19.6. The van der Waals surface area contributed by atoms with Crippen molar-refractivity contribution in [2.24, 2.45) is 0 Å². The van der Waals surface area contributed by atoms with Gasteiger partial charge in [-0.1, -0.05) is 61.7 Å². The minimum atomic E-state index is -0.546. The smallest absolute Gasteiger partial charge is 0.261 e. The van der Waals surface area contributed by atoms with Crippen molar-refractivity contribution in [1.82, 2.24) is 10.2 Å². The number of hydrogen-bond donors (Lipinski definition) is 1. The summed E-state index contributed by atoms with van der Waals surface area (Å²) in [4.78, 5) is 27.9. The highest BCUT2D eigenvalue weighted by atomic mass is 16.5. The number of aryl methyl sites for hydroxylation is 2. The SMILES string of the molecule is Cc1ccc(C)c(OCC(=O)N(CCc2ccccc2)[C@@H](C)C(=O)NC2CCCCC2)c1. The molecule has 1 atom stereocenters. The molecular weight excluding hydrogens is 400 g/mol. The van der Waals surface area contributed by atoms with E-state index in [1.165, 1.54) is 6.42 Å². The number of nitrogens with one attached hydrogen (secondary N) is 1. The number of hydrogen-bond acceptors (Lipinski definition) is 3. The van der Waals surface area contributed by atoms with Crippen molar-refractivity contribution in [3.05, 3.63) is 65.2 Å². The third kappa shape index (κ3) is 6.84. The first-order valence-electron chi connectivity index (χ1n) is 11.8. The summed E-state index contributed by atoms with van der Waals surface area (Å²) in [6.07, 6.45) is 6.27. The average Bonchev–Trinajstić information content (AvgIpc) is 2.81. The van der Waals surface area contributed by atoms with Crippen LogP contribution in [0.25, 0.3) is 0 Å². The third-order valence-electron chi connectivity index (χ3n) is 6.30. The van der Waals surface area contributed by atoms with Crippen LogP contribution >= 0.6 is 0 Å². The molecule has 2 amide bonds. The summed E-state index contributed by atoms with van der Waals surface area (Å²) in [7, 11) is 0. The number of rotatable bonds is 9. The second kappa shape index (κ2) is 11.7. The minimum absolute atomic E-state index is 0.0787. The Bertz CT molecular complexity index is 891. The van der Waals surface area contributed by atoms with Gasteiger partial charge in [-0.15, -0.1) is 0 Å². The number of ether oxygens (including phenoxy) is 1. The number of benzene rings is 2. The molecule has 0 bridgehead atoms. The molecule has 1 aliphatic rings. The molecule has 5 nitrogen and oxygen atoms in total.